The highest BCUT2D eigenvalue weighted by Crippen LogP contribution is 2.34. The molecule has 1 saturated heterocycles. The van der Waals surface area contributed by atoms with Gasteiger partial charge in [0.15, 0.2) is 5.78 Å². The van der Waals surface area contributed by atoms with Crippen molar-refractivity contribution in [3.8, 4) is 11.5 Å². The number of carbonyl (C=O) groups excluding carboxylic acids is 3. The van der Waals surface area contributed by atoms with Crippen LogP contribution < -0.4 is 9.47 Å². The SMILES string of the molecule is O=C(CN1C(=O)S/C(=C/c2ccccc2OCCOc2ccccc2)C1=O)c1ccc(Br)cc1. The van der Waals surface area contributed by atoms with E-state index in [4.69, 9.17) is 9.47 Å². The summed E-state index contributed by atoms with van der Waals surface area (Å²) in [6, 6.07) is 23.4. The highest BCUT2D eigenvalue weighted by atomic mass is 79.9. The predicted molar refractivity (Wildman–Crippen MR) is 135 cm³/mol. The van der Waals surface area contributed by atoms with Crippen molar-refractivity contribution in [2.24, 2.45) is 0 Å². The van der Waals surface area contributed by atoms with Gasteiger partial charge in [-0.2, -0.15) is 0 Å². The number of thioether (sulfide) groups is 1. The average Bonchev–Trinajstić information content (AvgIpc) is 3.11. The minimum Gasteiger partial charge on any atom is -0.490 e. The van der Waals surface area contributed by atoms with Gasteiger partial charge in [-0.05, 0) is 48.2 Å². The molecule has 8 heteroatoms. The zero-order valence-corrected chi connectivity index (χ0v) is 20.4. The third-order valence-electron chi connectivity index (χ3n) is 4.90. The van der Waals surface area contributed by atoms with Crippen molar-refractivity contribution in [2.45, 2.75) is 0 Å². The lowest BCUT2D eigenvalue weighted by Crippen LogP contribution is -2.33. The van der Waals surface area contributed by atoms with Crippen LogP contribution in [0.4, 0.5) is 4.79 Å². The Morgan fingerprint density at radius 2 is 1.56 bits per heavy atom. The number of carbonyl (C=O) groups is 3. The first-order valence-electron chi connectivity index (χ1n) is 10.4. The van der Waals surface area contributed by atoms with Crippen LogP contribution in [0.5, 0.6) is 11.5 Å². The van der Waals surface area contributed by atoms with E-state index in [1.165, 1.54) is 0 Å². The highest BCUT2D eigenvalue weighted by molar-refractivity contribution is 9.10. The first-order valence-corrected chi connectivity index (χ1v) is 12.1. The monoisotopic (exact) mass is 537 g/mol. The Morgan fingerprint density at radius 3 is 2.32 bits per heavy atom. The molecule has 3 aromatic carbocycles. The molecule has 34 heavy (non-hydrogen) atoms. The van der Waals surface area contributed by atoms with Crippen LogP contribution in [-0.4, -0.2) is 41.6 Å². The van der Waals surface area contributed by atoms with Crippen molar-refractivity contribution < 1.29 is 23.9 Å². The molecule has 1 aliphatic heterocycles. The molecular formula is C26H20BrNO5S. The number of benzene rings is 3. The van der Waals surface area contributed by atoms with Gasteiger partial charge in [0.1, 0.15) is 24.7 Å². The van der Waals surface area contributed by atoms with E-state index < -0.39 is 11.1 Å². The number of hydrogen-bond donors (Lipinski definition) is 0. The van der Waals surface area contributed by atoms with Gasteiger partial charge in [0.25, 0.3) is 11.1 Å². The lowest BCUT2D eigenvalue weighted by atomic mass is 10.1. The van der Waals surface area contributed by atoms with Gasteiger partial charge in [-0.3, -0.25) is 19.3 Å². The molecule has 1 aliphatic rings. The summed E-state index contributed by atoms with van der Waals surface area (Å²) in [6.45, 7) is 0.356. The smallest absolute Gasteiger partial charge is 0.293 e. The van der Waals surface area contributed by atoms with Crippen LogP contribution >= 0.6 is 27.7 Å². The third kappa shape index (κ3) is 5.95. The van der Waals surface area contributed by atoms with Gasteiger partial charge in [-0.25, -0.2) is 0 Å². The van der Waals surface area contributed by atoms with E-state index in [-0.39, 0.29) is 17.2 Å². The summed E-state index contributed by atoms with van der Waals surface area (Å²) in [7, 11) is 0. The number of nitrogens with zero attached hydrogens (tertiary/aromatic N) is 1. The molecule has 0 saturated carbocycles. The maximum Gasteiger partial charge on any atom is 0.293 e. The van der Waals surface area contributed by atoms with Crippen LogP contribution in [0.25, 0.3) is 6.08 Å². The Bertz CT molecular complexity index is 1230. The summed E-state index contributed by atoms with van der Waals surface area (Å²) in [4.78, 5) is 39.1. The minimum atomic E-state index is -0.498. The van der Waals surface area contributed by atoms with Crippen LogP contribution in [0.2, 0.25) is 0 Å². The van der Waals surface area contributed by atoms with Crippen molar-refractivity contribution in [3.63, 3.8) is 0 Å². The van der Waals surface area contributed by atoms with E-state index in [0.29, 0.717) is 30.1 Å². The van der Waals surface area contributed by atoms with E-state index >= 15 is 0 Å². The number of ketones is 1. The number of ether oxygens (including phenoxy) is 2. The van der Waals surface area contributed by atoms with Crippen molar-refractivity contribution in [3.05, 3.63) is 99.4 Å². The van der Waals surface area contributed by atoms with Crippen LogP contribution in [-0.2, 0) is 4.79 Å². The fraction of sp³-hybridized carbons (Fsp3) is 0.115. The topological polar surface area (TPSA) is 72.9 Å². The summed E-state index contributed by atoms with van der Waals surface area (Å²) >= 11 is 4.13. The van der Waals surface area contributed by atoms with Crippen molar-refractivity contribution in [2.75, 3.05) is 19.8 Å². The summed E-state index contributed by atoms with van der Waals surface area (Å²) in [5, 5.41) is -0.476. The van der Waals surface area contributed by atoms with E-state index in [9.17, 15) is 14.4 Å². The molecule has 0 unspecified atom stereocenters. The Balaban J connectivity index is 1.40. The molecule has 6 nitrogen and oxygen atoms in total. The van der Waals surface area contributed by atoms with Gasteiger partial charge >= 0.3 is 0 Å². The number of hydrogen-bond acceptors (Lipinski definition) is 6. The Labute approximate surface area is 209 Å². The summed E-state index contributed by atoms with van der Waals surface area (Å²) in [5.41, 5.74) is 1.09. The first kappa shape index (κ1) is 23.8. The Hall–Kier alpha value is -3.36. The van der Waals surface area contributed by atoms with Gasteiger partial charge in [-0.1, -0.05) is 64.5 Å². The maximum atomic E-state index is 12.9. The average molecular weight is 538 g/mol. The normalized spacial score (nSPS) is 14.5. The molecule has 0 radical (unpaired) electrons. The van der Waals surface area contributed by atoms with Gasteiger partial charge in [0.05, 0.1) is 11.4 Å². The predicted octanol–water partition coefficient (Wildman–Crippen LogP) is 5.83. The van der Waals surface area contributed by atoms with E-state index in [1.807, 2.05) is 42.5 Å². The molecule has 2 amide bonds. The Kier molecular flexibility index (Phi) is 7.82. The number of Topliss-reactive ketones (excluding diaryl/α,β-unsaturated/α-hetero) is 1. The number of imide groups is 1. The van der Waals surface area contributed by atoms with Gasteiger partial charge in [0, 0.05) is 15.6 Å². The second-order valence-corrected chi connectivity index (χ2v) is 9.15. The van der Waals surface area contributed by atoms with Crippen LogP contribution in [0, 0.1) is 0 Å². The molecule has 0 spiro atoms. The number of rotatable bonds is 9. The fourth-order valence-electron chi connectivity index (χ4n) is 3.21. The summed E-state index contributed by atoms with van der Waals surface area (Å²) < 4.78 is 12.3. The van der Waals surface area contributed by atoms with Crippen molar-refractivity contribution in [1.82, 2.24) is 4.90 Å². The van der Waals surface area contributed by atoms with Gasteiger partial charge in [-0.15, -0.1) is 0 Å². The first-order chi connectivity index (χ1) is 16.5. The van der Waals surface area contributed by atoms with Gasteiger partial charge < -0.3 is 9.47 Å². The van der Waals surface area contributed by atoms with Crippen molar-refractivity contribution >= 4 is 50.7 Å². The standard InChI is InChI=1S/C26H20BrNO5S/c27-20-12-10-18(11-13-20)22(29)17-28-25(30)24(34-26(28)31)16-19-6-4-5-9-23(19)33-15-14-32-21-7-2-1-3-8-21/h1-13,16H,14-15,17H2/b24-16+. The quantitative estimate of drug-likeness (QED) is 0.194. The maximum absolute atomic E-state index is 12.9. The lowest BCUT2D eigenvalue weighted by molar-refractivity contribution is -0.122. The fourth-order valence-corrected chi connectivity index (χ4v) is 4.30. The van der Waals surface area contributed by atoms with E-state index in [2.05, 4.69) is 15.9 Å². The molecule has 0 atom stereocenters. The molecule has 4 rings (SSSR count). The van der Waals surface area contributed by atoms with Gasteiger partial charge in [0.2, 0.25) is 0 Å². The molecule has 172 valence electrons. The zero-order valence-electron chi connectivity index (χ0n) is 18.0. The van der Waals surface area contributed by atoms with E-state index in [1.54, 1.807) is 42.5 Å². The van der Waals surface area contributed by atoms with Crippen LogP contribution in [0.3, 0.4) is 0 Å². The van der Waals surface area contributed by atoms with Crippen molar-refractivity contribution in [1.29, 1.82) is 0 Å². The highest BCUT2D eigenvalue weighted by Gasteiger charge is 2.36. The number of amides is 2. The Morgan fingerprint density at radius 1 is 0.882 bits per heavy atom. The molecular weight excluding hydrogens is 518 g/mol. The summed E-state index contributed by atoms with van der Waals surface area (Å²) in [5.74, 6) is 0.517. The largest absolute Gasteiger partial charge is 0.490 e. The molecule has 0 aromatic heterocycles. The number of para-hydroxylation sites is 2. The molecule has 0 aliphatic carbocycles. The molecule has 0 N–H and O–H groups in total. The lowest BCUT2D eigenvalue weighted by Gasteiger charge is -2.12. The second kappa shape index (κ2) is 11.2. The number of halogens is 1. The van der Waals surface area contributed by atoms with Crippen LogP contribution in [0.15, 0.2) is 88.2 Å². The minimum absolute atomic E-state index is 0.241. The van der Waals surface area contributed by atoms with E-state index in [0.717, 1.165) is 26.9 Å². The summed E-state index contributed by atoms with van der Waals surface area (Å²) in [6.07, 6.45) is 1.61. The second-order valence-electron chi connectivity index (χ2n) is 7.25. The molecule has 1 heterocycles. The zero-order chi connectivity index (χ0) is 23.9. The van der Waals surface area contributed by atoms with Crippen LogP contribution in [0.1, 0.15) is 15.9 Å². The molecule has 1 fully saturated rings. The third-order valence-corrected chi connectivity index (χ3v) is 6.34. The molecule has 3 aromatic rings. The molecule has 0 bridgehead atoms.